The maximum atomic E-state index is 5.09. The van der Waals surface area contributed by atoms with Gasteiger partial charge in [-0.1, -0.05) is 194 Å². The smallest absolute Gasteiger partial charge is 0.423 e. The van der Waals surface area contributed by atoms with Gasteiger partial charge in [0.05, 0.1) is 11.0 Å². The average molecular weight is 959 g/mol. The van der Waals surface area contributed by atoms with E-state index in [1.807, 2.05) is 24.6 Å². The fourth-order valence-electron chi connectivity index (χ4n) is 12.8. The first-order valence-electron chi connectivity index (χ1n) is 25.6. The molecule has 6 aliphatic rings. The standard InChI is InChI=1S/C62H45B4N7Si/c1-3-19-47(20-4-1)74(48-21-5-2-6-22-48,50-35-37-64-70-41-17-38-67-66(70)71-42-18-39-68-65(71)69-40-16-15-36-63(69)72(64)45-50)49-32-34-56-51-23-7-9-25-53(51)59-43-46(31-33-55(59)52-24-8-10-26-54(52)60(56)44-49)73-61-29-13-11-27-57(61)58-28-12-14-30-62(58)73/h1-45H. The highest BCUT2D eigenvalue weighted by Gasteiger charge is 2.54. The van der Waals surface area contributed by atoms with Crippen molar-refractivity contribution in [3.63, 3.8) is 0 Å². The summed E-state index contributed by atoms with van der Waals surface area (Å²) in [7, 11) is -3.75. The van der Waals surface area contributed by atoms with E-state index in [4.69, 9.17) is 9.81 Å². The van der Waals surface area contributed by atoms with Crippen LogP contribution >= 0.6 is 0 Å². The number of rotatable bonds is 5. The third-order valence-electron chi connectivity index (χ3n) is 16.0. The number of fused-ring (bicyclic) bond motifs is 19. The molecule has 1 saturated heterocycles. The summed E-state index contributed by atoms with van der Waals surface area (Å²) in [5, 5.41) is 7.76. The van der Waals surface area contributed by atoms with Gasteiger partial charge >= 0.3 is 28.2 Å². The summed E-state index contributed by atoms with van der Waals surface area (Å²) in [6.45, 7) is -0.288. The van der Waals surface area contributed by atoms with E-state index in [2.05, 4.69) is 273 Å². The number of aromatic nitrogens is 1. The molecular formula is C62H45B4N7Si. The minimum absolute atomic E-state index is 0.144. The zero-order valence-corrected chi connectivity index (χ0v) is 41.4. The summed E-state index contributed by atoms with van der Waals surface area (Å²) in [4.78, 5) is 10.2. The molecule has 0 radical (unpaired) electrons. The summed E-state index contributed by atoms with van der Waals surface area (Å²) in [5.41, 5.74) is 13.3. The second-order valence-corrected chi connectivity index (χ2v) is 23.5. The van der Waals surface area contributed by atoms with Gasteiger partial charge in [-0.2, -0.15) is 0 Å². The average Bonchev–Trinajstić information content (AvgIpc) is 3.82. The Morgan fingerprint density at radius 2 is 0.851 bits per heavy atom. The van der Waals surface area contributed by atoms with E-state index >= 15 is 0 Å². The van der Waals surface area contributed by atoms with Gasteiger partial charge < -0.3 is 33.3 Å². The van der Waals surface area contributed by atoms with Crippen LogP contribution in [0.1, 0.15) is 0 Å². The van der Waals surface area contributed by atoms with Crippen molar-refractivity contribution in [2.45, 2.75) is 0 Å². The van der Waals surface area contributed by atoms with Crippen molar-refractivity contribution in [2.24, 2.45) is 9.81 Å². The minimum atomic E-state index is -3.17. The van der Waals surface area contributed by atoms with E-state index in [0.717, 1.165) is 5.69 Å². The Morgan fingerprint density at radius 1 is 0.365 bits per heavy atom. The largest absolute Gasteiger partial charge is 0.501 e. The monoisotopic (exact) mass is 959 g/mol. The SMILES string of the molecule is C1=CB2N3C=C([Si](c4ccccc4)(c4ccccc4)c4ccc5c(c4)-c4ccccc4-c4ccc(-n6c7ccccc7c7ccccc76)cc4-c4ccccc4-5)C=CB3N3C=CC=NB3N3C=CC=NB3N2C=C1. The number of hydrogen-bond donors (Lipinski definition) is 0. The highest BCUT2D eigenvalue weighted by atomic mass is 28.3. The van der Waals surface area contributed by atoms with Crippen molar-refractivity contribution < 1.29 is 0 Å². The molecule has 344 valence electrons. The zero-order chi connectivity index (χ0) is 48.7. The Bertz CT molecular complexity index is 3880. The lowest BCUT2D eigenvalue weighted by Gasteiger charge is -2.52. The van der Waals surface area contributed by atoms with Crippen LogP contribution in [0.5, 0.6) is 0 Å². The predicted molar refractivity (Wildman–Crippen MR) is 315 cm³/mol. The molecule has 5 aliphatic heterocycles. The molecule has 1 fully saturated rings. The predicted octanol–water partition coefficient (Wildman–Crippen LogP) is 10.8. The van der Waals surface area contributed by atoms with Crippen molar-refractivity contribution in [1.29, 1.82) is 0 Å². The van der Waals surface area contributed by atoms with Crippen LogP contribution in [0.15, 0.2) is 276 Å². The molecule has 0 bridgehead atoms. The van der Waals surface area contributed by atoms with Crippen LogP contribution in [0.2, 0.25) is 0 Å². The van der Waals surface area contributed by atoms with E-state index in [1.165, 1.54) is 87.1 Å². The first-order chi connectivity index (χ1) is 36.7. The topological polar surface area (TPSA) is 42.6 Å². The molecule has 8 aromatic carbocycles. The molecule has 6 heterocycles. The fraction of sp³-hybridized carbons (Fsp3) is 0. The second-order valence-electron chi connectivity index (χ2n) is 19.7. The Balaban J connectivity index is 0.954. The minimum Gasteiger partial charge on any atom is -0.423 e. The molecule has 0 N–H and O–H groups in total. The van der Waals surface area contributed by atoms with Crippen LogP contribution in [-0.4, -0.2) is 72.2 Å². The normalized spacial score (nSPS) is 15.9. The third kappa shape index (κ3) is 6.37. The van der Waals surface area contributed by atoms with Gasteiger partial charge in [-0.25, -0.2) is 0 Å². The Labute approximate surface area is 433 Å². The third-order valence-corrected chi connectivity index (χ3v) is 20.7. The van der Waals surface area contributed by atoms with Crippen LogP contribution < -0.4 is 15.6 Å². The Morgan fingerprint density at radius 3 is 1.47 bits per heavy atom. The second kappa shape index (κ2) is 17.1. The summed E-state index contributed by atoms with van der Waals surface area (Å²) in [6.07, 6.45) is 23.6. The van der Waals surface area contributed by atoms with Gasteiger partial charge in [-0.3, -0.25) is 0 Å². The molecule has 0 saturated carbocycles. The van der Waals surface area contributed by atoms with Gasteiger partial charge in [0.1, 0.15) is 0 Å². The van der Waals surface area contributed by atoms with Crippen LogP contribution in [-0.2, 0) is 0 Å². The lowest BCUT2D eigenvalue weighted by atomic mass is 9.47. The molecule has 0 atom stereocenters. The molecule has 74 heavy (non-hydrogen) atoms. The maximum absolute atomic E-state index is 5.09. The van der Waals surface area contributed by atoms with E-state index in [1.54, 1.807) is 0 Å². The number of hydrogen-bond acceptors (Lipinski definition) is 6. The molecule has 0 spiro atoms. The van der Waals surface area contributed by atoms with Crippen molar-refractivity contribution >= 4 is 86.1 Å². The molecule has 0 amide bonds. The fourth-order valence-corrected chi connectivity index (χ4v) is 17.6. The Hall–Kier alpha value is -8.98. The quantitative estimate of drug-likeness (QED) is 0.127. The van der Waals surface area contributed by atoms with Gasteiger partial charge in [-0.05, 0) is 133 Å². The summed E-state index contributed by atoms with van der Waals surface area (Å²) < 4.78 is 12.0. The van der Waals surface area contributed by atoms with Crippen molar-refractivity contribution in [1.82, 2.24) is 23.5 Å². The van der Waals surface area contributed by atoms with Gasteiger partial charge in [0, 0.05) is 28.9 Å². The molecule has 1 aliphatic carbocycles. The number of nitrogens with zero attached hydrogens (tertiary/aromatic N) is 7. The van der Waals surface area contributed by atoms with E-state index < -0.39 is 8.07 Å². The number of benzene rings is 8. The maximum Gasteiger partial charge on any atom is 0.501 e. The van der Waals surface area contributed by atoms with E-state index in [-0.39, 0.29) is 28.2 Å². The summed E-state index contributed by atoms with van der Waals surface area (Å²) in [6, 6.07) is 72.9. The van der Waals surface area contributed by atoms with Gasteiger partial charge in [0.25, 0.3) is 0 Å². The van der Waals surface area contributed by atoms with Crippen LogP contribution in [0, 0.1) is 0 Å². The van der Waals surface area contributed by atoms with Crippen LogP contribution in [0.3, 0.4) is 0 Å². The summed E-state index contributed by atoms with van der Waals surface area (Å²) in [5.74, 6) is 4.72. The lowest BCUT2D eigenvalue weighted by Crippen LogP contribution is -2.74. The van der Waals surface area contributed by atoms with Gasteiger partial charge in [0.15, 0.2) is 8.07 Å². The van der Waals surface area contributed by atoms with Crippen molar-refractivity contribution in [3.05, 3.63) is 266 Å². The highest BCUT2D eigenvalue weighted by Crippen LogP contribution is 2.49. The zero-order valence-electron chi connectivity index (χ0n) is 40.4. The van der Waals surface area contributed by atoms with Crippen molar-refractivity contribution in [2.75, 3.05) is 0 Å². The molecule has 7 nitrogen and oxygen atoms in total. The van der Waals surface area contributed by atoms with E-state index in [0.29, 0.717) is 0 Å². The number of allylic oxidation sites excluding steroid dienone is 6. The number of para-hydroxylation sites is 2. The molecule has 12 heteroatoms. The molecular weight excluding hydrogens is 914 g/mol. The first kappa shape index (κ1) is 42.7. The highest BCUT2D eigenvalue weighted by molar-refractivity contribution is 7.16. The molecule has 15 rings (SSSR count). The molecule has 1 aromatic heterocycles. The lowest BCUT2D eigenvalue weighted by molar-refractivity contribution is 0.606. The molecule has 9 aromatic rings. The van der Waals surface area contributed by atoms with Crippen LogP contribution in [0.25, 0.3) is 72.0 Å². The van der Waals surface area contributed by atoms with Crippen molar-refractivity contribution in [3.8, 4) is 50.2 Å². The van der Waals surface area contributed by atoms with Gasteiger partial charge in [0.2, 0.25) is 0 Å². The van der Waals surface area contributed by atoms with Crippen LogP contribution in [0.4, 0.5) is 0 Å². The Kier molecular flexibility index (Phi) is 9.85. The van der Waals surface area contributed by atoms with E-state index in [9.17, 15) is 0 Å². The first-order valence-corrected chi connectivity index (χ1v) is 27.6. The summed E-state index contributed by atoms with van der Waals surface area (Å²) >= 11 is 0. The van der Waals surface area contributed by atoms with Gasteiger partial charge in [-0.15, -0.1) is 0 Å². The molecule has 0 unspecified atom stereocenters.